The monoisotopic (exact) mass is 311 g/mol. The molecular weight excluding hydrogens is 278 g/mol. The molecule has 0 amide bonds. The summed E-state index contributed by atoms with van der Waals surface area (Å²) in [6.45, 7) is 4.24. The van der Waals surface area contributed by atoms with Gasteiger partial charge in [-0.15, -0.1) is 0 Å². The van der Waals surface area contributed by atoms with Gasteiger partial charge in [0.25, 0.3) is 0 Å². The van der Waals surface area contributed by atoms with Crippen molar-refractivity contribution < 1.29 is 4.74 Å². The summed E-state index contributed by atoms with van der Waals surface area (Å²) in [5.74, 6) is 6.06. The van der Waals surface area contributed by atoms with Crippen molar-refractivity contribution in [1.29, 1.82) is 0 Å². The highest BCUT2D eigenvalue weighted by atomic mass is 32.2. The van der Waals surface area contributed by atoms with Gasteiger partial charge in [-0.2, -0.15) is 11.8 Å². The number of rotatable bonds is 4. The van der Waals surface area contributed by atoms with Gasteiger partial charge in [0.1, 0.15) is 0 Å². The van der Waals surface area contributed by atoms with Crippen molar-refractivity contribution in [2.45, 2.75) is 63.9 Å². The van der Waals surface area contributed by atoms with Crippen molar-refractivity contribution in [3.05, 3.63) is 0 Å². The highest BCUT2D eigenvalue weighted by Crippen LogP contribution is 2.48. The van der Waals surface area contributed by atoms with Crippen molar-refractivity contribution in [3.8, 4) is 0 Å². The van der Waals surface area contributed by atoms with Gasteiger partial charge in [0.15, 0.2) is 0 Å². The van der Waals surface area contributed by atoms with Crippen LogP contribution in [0, 0.1) is 23.7 Å². The van der Waals surface area contributed by atoms with Crippen LogP contribution in [0.4, 0.5) is 0 Å². The number of hydrogen-bond acceptors (Lipinski definition) is 3. The Morgan fingerprint density at radius 1 is 1.29 bits per heavy atom. The average Bonchev–Trinajstić information content (AvgIpc) is 2.95. The largest absolute Gasteiger partial charge is 0.374 e. The number of thioether (sulfide) groups is 1. The third-order valence-electron chi connectivity index (χ3n) is 6.36. The van der Waals surface area contributed by atoms with Crippen LogP contribution >= 0.6 is 11.8 Å². The number of nitrogens with two attached hydrogens (primary N) is 1. The van der Waals surface area contributed by atoms with Crippen LogP contribution in [-0.4, -0.2) is 30.3 Å². The molecule has 3 rings (SSSR count). The molecule has 122 valence electrons. The predicted molar refractivity (Wildman–Crippen MR) is 91.6 cm³/mol. The first-order chi connectivity index (χ1) is 10.3. The van der Waals surface area contributed by atoms with Gasteiger partial charge in [-0.1, -0.05) is 26.2 Å². The lowest BCUT2D eigenvalue weighted by molar-refractivity contribution is -0.0986. The van der Waals surface area contributed by atoms with Crippen LogP contribution in [0.2, 0.25) is 0 Å². The molecule has 1 aliphatic carbocycles. The molecule has 1 saturated carbocycles. The van der Waals surface area contributed by atoms with E-state index >= 15 is 0 Å². The van der Waals surface area contributed by atoms with E-state index in [1.54, 1.807) is 0 Å². The molecule has 5 atom stereocenters. The standard InChI is InChI=1S/C18H33NOS/c1-2-3-14-4-5-16(12-19)17(10-14)15-6-8-20-18(11-15)7-9-21-13-18/h14-17H,2-13,19H2,1H3. The van der Waals surface area contributed by atoms with Crippen LogP contribution < -0.4 is 5.73 Å². The van der Waals surface area contributed by atoms with E-state index in [4.69, 9.17) is 10.5 Å². The van der Waals surface area contributed by atoms with Crippen LogP contribution in [0.1, 0.15) is 58.3 Å². The quantitative estimate of drug-likeness (QED) is 0.849. The van der Waals surface area contributed by atoms with Crippen molar-refractivity contribution in [1.82, 2.24) is 0 Å². The zero-order chi connectivity index (χ0) is 14.7. The molecule has 2 nitrogen and oxygen atoms in total. The minimum atomic E-state index is 0.241. The molecule has 2 aliphatic heterocycles. The Bertz CT molecular complexity index is 329. The maximum atomic E-state index is 6.24. The normalized spacial score (nSPS) is 44.3. The van der Waals surface area contributed by atoms with Gasteiger partial charge in [0.2, 0.25) is 0 Å². The minimum Gasteiger partial charge on any atom is -0.374 e. The molecular formula is C18H33NOS. The summed E-state index contributed by atoms with van der Waals surface area (Å²) in [5, 5.41) is 0. The average molecular weight is 312 g/mol. The Labute approximate surface area is 135 Å². The third kappa shape index (κ3) is 3.61. The van der Waals surface area contributed by atoms with Crippen LogP contribution in [0.3, 0.4) is 0 Å². The molecule has 0 radical (unpaired) electrons. The molecule has 2 saturated heterocycles. The molecule has 3 fully saturated rings. The third-order valence-corrected chi connectivity index (χ3v) is 7.58. The second-order valence-electron chi connectivity index (χ2n) is 7.71. The molecule has 21 heavy (non-hydrogen) atoms. The molecule has 3 heteroatoms. The predicted octanol–water partition coefficient (Wildman–Crippen LogP) is 4.08. The first kappa shape index (κ1) is 16.1. The topological polar surface area (TPSA) is 35.2 Å². The summed E-state index contributed by atoms with van der Waals surface area (Å²) >= 11 is 2.09. The van der Waals surface area contributed by atoms with Gasteiger partial charge in [-0.3, -0.25) is 0 Å². The van der Waals surface area contributed by atoms with Gasteiger partial charge < -0.3 is 10.5 Å². The summed E-state index contributed by atoms with van der Waals surface area (Å²) in [6.07, 6.45) is 10.9. The Balaban J connectivity index is 1.66. The van der Waals surface area contributed by atoms with Crippen molar-refractivity contribution in [2.75, 3.05) is 24.7 Å². The van der Waals surface area contributed by atoms with Crippen LogP contribution in [0.15, 0.2) is 0 Å². The molecule has 2 heterocycles. The summed E-state index contributed by atoms with van der Waals surface area (Å²) in [6, 6.07) is 0. The van der Waals surface area contributed by atoms with Crippen molar-refractivity contribution in [3.63, 3.8) is 0 Å². The molecule has 0 aromatic heterocycles. The Morgan fingerprint density at radius 3 is 2.90 bits per heavy atom. The van der Waals surface area contributed by atoms with E-state index in [-0.39, 0.29) is 5.60 Å². The van der Waals surface area contributed by atoms with Crippen molar-refractivity contribution in [2.24, 2.45) is 29.4 Å². The summed E-state index contributed by atoms with van der Waals surface area (Å²) in [5.41, 5.74) is 6.37. The maximum absolute atomic E-state index is 6.24. The van der Waals surface area contributed by atoms with E-state index < -0.39 is 0 Å². The fraction of sp³-hybridized carbons (Fsp3) is 1.00. The number of hydrogen-bond donors (Lipinski definition) is 1. The summed E-state index contributed by atoms with van der Waals surface area (Å²) in [7, 11) is 0. The highest BCUT2D eigenvalue weighted by Gasteiger charge is 2.44. The van der Waals surface area contributed by atoms with Gasteiger partial charge in [-0.05, 0) is 68.1 Å². The van der Waals surface area contributed by atoms with Crippen LogP contribution in [0.5, 0.6) is 0 Å². The van der Waals surface area contributed by atoms with E-state index in [2.05, 4.69) is 18.7 Å². The van der Waals surface area contributed by atoms with E-state index in [1.165, 1.54) is 62.9 Å². The highest BCUT2D eigenvalue weighted by molar-refractivity contribution is 7.99. The lowest BCUT2D eigenvalue weighted by Crippen LogP contribution is -2.45. The second kappa shape index (κ2) is 7.23. The fourth-order valence-electron chi connectivity index (χ4n) is 5.19. The Morgan fingerprint density at radius 2 is 2.19 bits per heavy atom. The molecule has 0 bridgehead atoms. The van der Waals surface area contributed by atoms with E-state index in [9.17, 15) is 0 Å². The van der Waals surface area contributed by atoms with Gasteiger partial charge in [-0.25, -0.2) is 0 Å². The zero-order valence-corrected chi connectivity index (χ0v) is 14.5. The lowest BCUT2D eigenvalue weighted by Gasteiger charge is -2.46. The molecule has 0 aromatic carbocycles. The van der Waals surface area contributed by atoms with Gasteiger partial charge >= 0.3 is 0 Å². The van der Waals surface area contributed by atoms with Gasteiger partial charge in [0, 0.05) is 12.4 Å². The van der Waals surface area contributed by atoms with E-state index in [1.807, 2.05) is 0 Å². The zero-order valence-electron chi connectivity index (χ0n) is 13.7. The van der Waals surface area contributed by atoms with E-state index in [0.717, 1.165) is 36.8 Å². The van der Waals surface area contributed by atoms with E-state index in [0.29, 0.717) is 0 Å². The number of ether oxygens (including phenoxy) is 1. The summed E-state index contributed by atoms with van der Waals surface area (Å²) in [4.78, 5) is 0. The molecule has 3 aliphatic rings. The SMILES string of the molecule is CCCC1CCC(CN)C(C2CCOC3(CCSC3)C2)C1. The maximum Gasteiger partial charge on any atom is 0.0783 e. The minimum absolute atomic E-state index is 0.241. The Kier molecular flexibility index (Phi) is 5.55. The lowest BCUT2D eigenvalue weighted by atomic mass is 9.64. The van der Waals surface area contributed by atoms with Crippen LogP contribution in [0.25, 0.3) is 0 Å². The fourth-order valence-corrected chi connectivity index (χ4v) is 6.57. The first-order valence-electron chi connectivity index (χ1n) is 9.18. The molecule has 0 aromatic rings. The van der Waals surface area contributed by atoms with Gasteiger partial charge in [0.05, 0.1) is 5.60 Å². The molecule has 2 N–H and O–H groups in total. The second-order valence-corrected chi connectivity index (χ2v) is 8.82. The van der Waals surface area contributed by atoms with Crippen LogP contribution in [-0.2, 0) is 4.74 Å². The molecule has 5 unspecified atom stereocenters. The summed E-state index contributed by atoms with van der Waals surface area (Å²) < 4.78 is 6.24. The molecule has 1 spiro atoms. The first-order valence-corrected chi connectivity index (χ1v) is 10.3. The van der Waals surface area contributed by atoms with Crippen molar-refractivity contribution >= 4 is 11.8 Å². The Hall–Kier alpha value is 0.270. The smallest absolute Gasteiger partial charge is 0.0783 e.